The van der Waals surface area contributed by atoms with Crippen LogP contribution in [0.4, 0.5) is 0 Å². The zero-order chi connectivity index (χ0) is 14.5. The fourth-order valence-electron chi connectivity index (χ4n) is 2.41. The summed E-state index contributed by atoms with van der Waals surface area (Å²) >= 11 is 0. The number of aromatic nitrogens is 2. The molecule has 0 saturated heterocycles. The molecule has 0 aliphatic heterocycles. The third-order valence-electron chi connectivity index (χ3n) is 3.40. The molecule has 0 saturated carbocycles. The van der Waals surface area contributed by atoms with Gasteiger partial charge in [0, 0.05) is 18.5 Å². The first-order valence-electron chi connectivity index (χ1n) is 6.79. The van der Waals surface area contributed by atoms with Gasteiger partial charge in [-0.25, -0.2) is 9.97 Å². The minimum absolute atomic E-state index is 0.236. The van der Waals surface area contributed by atoms with Crippen molar-refractivity contribution in [2.75, 3.05) is 13.7 Å². The fraction of sp³-hybridized carbons (Fsp3) is 0.375. The Kier molecular flexibility index (Phi) is 4.82. The number of nitrogens with two attached hydrogens (primary N) is 1. The van der Waals surface area contributed by atoms with Gasteiger partial charge in [-0.15, -0.1) is 0 Å². The van der Waals surface area contributed by atoms with Gasteiger partial charge in [-0.2, -0.15) is 0 Å². The summed E-state index contributed by atoms with van der Waals surface area (Å²) in [5, 5.41) is 0. The molecule has 2 N–H and O–H groups in total. The van der Waals surface area contributed by atoms with E-state index in [9.17, 15) is 0 Å². The molecule has 20 heavy (non-hydrogen) atoms. The van der Waals surface area contributed by atoms with E-state index in [1.807, 2.05) is 44.2 Å². The maximum absolute atomic E-state index is 5.63. The maximum atomic E-state index is 5.63. The number of hydrogen-bond acceptors (Lipinski definition) is 4. The largest absolute Gasteiger partial charge is 0.369 e. The highest BCUT2D eigenvalue weighted by molar-refractivity contribution is 5.29. The highest BCUT2D eigenvalue weighted by atomic mass is 16.5. The number of rotatable bonds is 5. The van der Waals surface area contributed by atoms with Crippen LogP contribution in [0.1, 0.15) is 34.4 Å². The smallest absolute Gasteiger partial charge is 0.162 e. The average Bonchev–Trinajstić information content (AvgIpc) is 2.45. The molecule has 0 spiro atoms. The Morgan fingerprint density at radius 1 is 1.10 bits per heavy atom. The highest BCUT2D eigenvalue weighted by Gasteiger charge is 2.18. The lowest BCUT2D eigenvalue weighted by Crippen LogP contribution is -2.14. The van der Waals surface area contributed by atoms with Crippen molar-refractivity contribution >= 4 is 0 Å². The number of methoxy groups -OCH3 is 1. The number of aryl methyl sites for hydroxylation is 2. The lowest BCUT2D eigenvalue weighted by molar-refractivity contribution is 0.128. The van der Waals surface area contributed by atoms with Crippen molar-refractivity contribution in [3.8, 4) is 0 Å². The van der Waals surface area contributed by atoms with Gasteiger partial charge in [-0.05, 0) is 37.9 Å². The molecule has 0 amide bonds. The monoisotopic (exact) mass is 271 g/mol. The van der Waals surface area contributed by atoms with Gasteiger partial charge in [0.15, 0.2) is 5.82 Å². The second-order valence-corrected chi connectivity index (χ2v) is 4.80. The normalized spacial score (nSPS) is 12.4. The molecule has 0 aliphatic carbocycles. The van der Waals surface area contributed by atoms with Crippen molar-refractivity contribution in [1.29, 1.82) is 0 Å². The van der Waals surface area contributed by atoms with Gasteiger partial charge < -0.3 is 10.5 Å². The number of nitrogens with zero attached hydrogens (tertiary/aromatic N) is 2. The van der Waals surface area contributed by atoms with E-state index in [4.69, 9.17) is 10.5 Å². The first-order chi connectivity index (χ1) is 9.67. The zero-order valence-corrected chi connectivity index (χ0v) is 12.3. The van der Waals surface area contributed by atoms with E-state index >= 15 is 0 Å². The Morgan fingerprint density at radius 2 is 1.70 bits per heavy atom. The van der Waals surface area contributed by atoms with Crippen LogP contribution in [0.3, 0.4) is 0 Å². The molecular formula is C16H21N3O. The van der Waals surface area contributed by atoms with Crippen LogP contribution in [0.25, 0.3) is 0 Å². The summed E-state index contributed by atoms with van der Waals surface area (Å²) in [5.74, 6) is 0.703. The SMILES string of the molecule is COC(c1ccccc1)c1nc(C)c(CCN)c(C)n1. The van der Waals surface area contributed by atoms with Crippen LogP contribution < -0.4 is 5.73 Å². The van der Waals surface area contributed by atoms with Crippen LogP contribution >= 0.6 is 0 Å². The van der Waals surface area contributed by atoms with Crippen molar-refractivity contribution in [2.45, 2.75) is 26.4 Å². The molecule has 0 bridgehead atoms. The molecule has 0 fully saturated rings. The second-order valence-electron chi connectivity index (χ2n) is 4.80. The quantitative estimate of drug-likeness (QED) is 0.906. The van der Waals surface area contributed by atoms with Crippen LogP contribution in [-0.2, 0) is 11.2 Å². The zero-order valence-electron chi connectivity index (χ0n) is 12.3. The molecule has 4 heteroatoms. The summed E-state index contributed by atoms with van der Waals surface area (Å²) < 4.78 is 5.58. The first-order valence-corrected chi connectivity index (χ1v) is 6.79. The molecule has 1 heterocycles. The minimum atomic E-state index is -0.236. The third-order valence-corrected chi connectivity index (χ3v) is 3.40. The molecule has 1 unspecified atom stereocenters. The van der Waals surface area contributed by atoms with Crippen LogP contribution in [-0.4, -0.2) is 23.6 Å². The summed E-state index contributed by atoms with van der Waals surface area (Å²) in [6, 6.07) is 10.0. The van der Waals surface area contributed by atoms with Crippen LogP contribution in [0, 0.1) is 13.8 Å². The second kappa shape index (κ2) is 6.59. The van der Waals surface area contributed by atoms with E-state index in [0.717, 1.165) is 28.9 Å². The van der Waals surface area contributed by atoms with Gasteiger partial charge in [-0.1, -0.05) is 30.3 Å². The Bertz CT molecular complexity index is 546. The number of ether oxygens (including phenoxy) is 1. The van der Waals surface area contributed by atoms with Crippen molar-refractivity contribution in [3.63, 3.8) is 0 Å². The summed E-state index contributed by atoms with van der Waals surface area (Å²) in [7, 11) is 1.68. The lowest BCUT2D eigenvalue weighted by Gasteiger charge is -2.17. The highest BCUT2D eigenvalue weighted by Crippen LogP contribution is 2.24. The van der Waals surface area contributed by atoms with Crippen LogP contribution in [0.2, 0.25) is 0 Å². The molecular weight excluding hydrogens is 250 g/mol. The number of hydrogen-bond donors (Lipinski definition) is 1. The van der Waals surface area contributed by atoms with Crippen molar-refractivity contribution < 1.29 is 4.74 Å². The summed E-state index contributed by atoms with van der Waals surface area (Å²) in [4.78, 5) is 9.22. The topological polar surface area (TPSA) is 61.0 Å². The van der Waals surface area contributed by atoms with Crippen LogP contribution in [0.15, 0.2) is 30.3 Å². The summed E-state index contributed by atoms with van der Waals surface area (Å²) in [5.41, 5.74) is 9.79. The van der Waals surface area contributed by atoms with E-state index in [2.05, 4.69) is 9.97 Å². The molecule has 2 aromatic rings. The van der Waals surface area contributed by atoms with Gasteiger partial charge >= 0.3 is 0 Å². The predicted molar refractivity (Wildman–Crippen MR) is 79.6 cm³/mol. The minimum Gasteiger partial charge on any atom is -0.369 e. The predicted octanol–water partition coefficient (Wildman–Crippen LogP) is 2.33. The van der Waals surface area contributed by atoms with Crippen LogP contribution in [0.5, 0.6) is 0 Å². The van der Waals surface area contributed by atoms with E-state index < -0.39 is 0 Å². The van der Waals surface area contributed by atoms with E-state index in [1.165, 1.54) is 0 Å². The summed E-state index contributed by atoms with van der Waals surface area (Å²) in [6.07, 6.45) is 0.571. The van der Waals surface area contributed by atoms with E-state index in [-0.39, 0.29) is 6.10 Å². The fourth-order valence-corrected chi connectivity index (χ4v) is 2.41. The van der Waals surface area contributed by atoms with Gasteiger partial charge in [0.2, 0.25) is 0 Å². The molecule has 0 radical (unpaired) electrons. The molecule has 0 aliphatic rings. The van der Waals surface area contributed by atoms with Crippen molar-refractivity contribution in [3.05, 3.63) is 58.7 Å². The Morgan fingerprint density at radius 3 is 2.20 bits per heavy atom. The third kappa shape index (κ3) is 3.03. The first kappa shape index (κ1) is 14.6. The van der Waals surface area contributed by atoms with Gasteiger partial charge in [0.25, 0.3) is 0 Å². The van der Waals surface area contributed by atoms with Gasteiger partial charge in [-0.3, -0.25) is 0 Å². The van der Waals surface area contributed by atoms with E-state index in [0.29, 0.717) is 12.4 Å². The number of benzene rings is 1. The Hall–Kier alpha value is -1.78. The lowest BCUT2D eigenvalue weighted by atomic mass is 10.1. The van der Waals surface area contributed by atoms with E-state index in [1.54, 1.807) is 7.11 Å². The molecule has 1 aromatic carbocycles. The Balaban J connectivity index is 2.41. The molecule has 4 nitrogen and oxygen atoms in total. The van der Waals surface area contributed by atoms with Crippen molar-refractivity contribution in [1.82, 2.24) is 9.97 Å². The standard InChI is InChI=1S/C16H21N3O/c1-11-14(9-10-17)12(2)19-16(18-11)15(20-3)13-7-5-4-6-8-13/h4-8,15H,9-10,17H2,1-3H3. The Labute approximate surface area is 120 Å². The molecule has 1 atom stereocenters. The summed E-state index contributed by atoms with van der Waals surface area (Å²) in [6.45, 7) is 4.61. The van der Waals surface area contributed by atoms with Gasteiger partial charge in [0.1, 0.15) is 6.10 Å². The molecule has 2 rings (SSSR count). The molecule has 1 aromatic heterocycles. The molecule has 106 valence electrons. The van der Waals surface area contributed by atoms with Crippen molar-refractivity contribution in [2.24, 2.45) is 5.73 Å². The van der Waals surface area contributed by atoms with Gasteiger partial charge in [0.05, 0.1) is 0 Å². The average molecular weight is 271 g/mol. The maximum Gasteiger partial charge on any atom is 0.162 e.